The Labute approximate surface area is 104 Å². The molecule has 1 aromatic carbocycles. The van der Waals surface area contributed by atoms with Crippen molar-refractivity contribution in [2.24, 2.45) is 0 Å². The Bertz CT molecular complexity index is 648. The molecule has 1 atom stereocenters. The summed E-state index contributed by atoms with van der Waals surface area (Å²) in [6, 6.07) is 9.74. The number of ether oxygens (including phenoxy) is 1. The van der Waals surface area contributed by atoms with E-state index in [0.717, 1.165) is 11.3 Å². The molecule has 5 nitrogen and oxygen atoms in total. The highest BCUT2D eigenvalue weighted by molar-refractivity contribution is 5.48. The van der Waals surface area contributed by atoms with Gasteiger partial charge < -0.3 is 10.5 Å². The van der Waals surface area contributed by atoms with Crippen molar-refractivity contribution >= 4 is 5.82 Å². The lowest BCUT2D eigenvalue weighted by Crippen LogP contribution is -2.10. The van der Waals surface area contributed by atoms with Crippen LogP contribution >= 0.6 is 0 Å². The summed E-state index contributed by atoms with van der Waals surface area (Å²) in [4.78, 5) is 8.39. The normalized spacial score (nSPS) is 16.7. The summed E-state index contributed by atoms with van der Waals surface area (Å²) in [5.41, 5.74) is 7.06. The van der Waals surface area contributed by atoms with Gasteiger partial charge in [0.15, 0.2) is 0 Å². The minimum atomic E-state index is -0.0174. The van der Waals surface area contributed by atoms with Crippen LogP contribution in [0.2, 0.25) is 0 Å². The Balaban J connectivity index is 2.03. The molecule has 0 amide bonds. The maximum Gasteiger partial charge on any atom is 0.145 e. The van der Waals surface area contributed by atoms with Crippen LogP contribution in [0.15, 0.2) is 30.5 Å². The van der Waals surface area contributed by atoms with E-state index < -0.39 is 0 Å². The van der Waals surface area contributed by atoms with Gasteiger partial charge in [-0.05, 0) is 6.07 Å². The average molecular weight is 238 g/mol. The SMILES string of the molecule is N#Cc1cnc(C2COc3ccccc32)nc1N. The molecule has 2 N–H and O–H groups in total. The second kappa shape index (κ2) is 4.00. The first-order valence-electron chi connectivity index (χ1n) is 5.54. The minimum Gasteiger partial charge on any atom is -0.492 e. The van der Waals surface area contributed by atoms with Crippen LogP contribution in [0.25, 0.3) is 0 Å². The predicted octanol–water partition coefficient (Wildman–Crippen LogP) is 1.45. The van der Waals surface area contributed by atoms with Crippen LogP contribution in [0.5, 0.6) is 5.75 Å². The third-order valence-electron chi connectivity index (χ3n) is 2.97. The van der Waals surface area contributed by atoms with E-state index in [1.54, 1.807) is 0 Å². The molecule has 0 saturated carbocycles. The monoisotopic (exact) mass is 238 g/mol. The number of aromatic nitrogens is 2. The van der Waals surface area contributed by atoms with Crippen LogP contribution in [0.3, 0.4) is 0 Å². The number of anilines is 1. The summed E-state index contributed by atoms with van der Waals surface area (Å²) in [5.74, 6) is 1.65. The van der Waals surface area contributed by atoms with Gasteiger partial charge in [0.1, 0.15) is 35.6 Å². The molecule has 2 aromatic rings. The number of benzene rings is 1. The van der Waals surface area contributed by atoms with Crippen molar-refractivity contribution in [1.82, 2.24) is 9.97 Å². The predicted molar refractivity (Wildman–Crippen MR) is 64.9 cm³/mol. The van der Waals surface area contributed by atoms with Gasteiger partial charge in [0.2, 0.25) is 0 Å². The smallest absolute Gasteiger partial charge is 0.145 e. The Kier molecular flexibility index (Phi) is 2.34. The molecule has 2 heterocycles. The number of nitriles is 1. The highest BCUT2D eigenvalue weighted by Gasteiger charge is 2.27. The molecule has 5 heteroatoms. The third kappa shape index (κ3) is 1.55. The van der Waals surface area contributed by atoms with Gasteiger partial charge in [0.25, 0.3) is 0 Å². The molecule has 3 rings (SSSR count). The van der Waals surface area contributed by atoms with Crippen molar-refractivity contribution in [3.05, 3.63) is 47.4 Å². The zero-order valence-corrected chi connectivity index (χ0v) is 9.50. The molecule has 1 aromatic heterocycles. The lowest BCUT2D eigenvalue weighted by molar-refractivity contribution is 0.340. The molecule has 0 bridgehead atoms. The van der Waals surface area contributed by atoms with Crippen molar-refractivity contribution in [3.63, 3.8) is 0 Å². The Hall–Kier alpha value is -2.61. The highest BCUT2D eigenvalue weighted by Crippen LogP contribution is 2.36. The van der Waals surface area contributed by atoms with Gasteiger partial charge in [0, 0.05) is 5.56 Å². The van der Waals surface area contributed by atoms with Crippen LogP contribution in [0.4, 0.5) is 5.82 Å². The first-order valence-corrected chi connectivity index (χ1v) is 5.54. The molecule has 88 valence electrons. The number of nitrogens with zero attached hydrogens (tertiary/aromatic N) is 3. The Morgan fingerprint density at radius 3 is 3.00 bits per heavy atom. The van der Waals surface area contributed by atoms with Gasteiger partial charge in [-0.1, -0.05) is 18.2 Å². The largest absolute Gasteiger partial charge is 0.492 e. The van der Waals surface area contributed by atoms with E-state index in [-0.39, 0.29) is 11.7 Å². The fourth-order valence-corrected chi connectivity index (χ4v) is 2.04. The number of nitrogen functional groups attached to an aromatic ring is 1. The number of hydrogen-bond acceptors (Lipinski definition) is 5. The topological polar surface area (TPSA) is 84.8 Å². The molecule has 0 spiro atoms. The first kappa shape index (κ1) is 10.5. The van der Waals surface area contributed by atoms with Gasteiger partial charge >= 0.3 is 0 Å². The van der Waals surface area contributed by atoms with Crippen molar-refractivity contribution in [1.29, 1.82) is 5.26 Å². The first-order chi connectivity index (χ1) is 8.79. The van der Waals surface area contributed by atoms with Crippen LogP contribution < -0.4 is 10.5 Å². The lowest BCUT2D eigenvalue weighted by atomic mass is 10.0. The second-order valence-corrected chi connectivity index (χ2v) is 4.04. The van der Waals surface area contributed by atoms with Gasteiger partial charge in [-0.2, -0.15) is 5.26 Å². The fourth-order valence-electron chi connectivity index (χ4n) is 2.04. The molecule has 0 aliphatic carbocycles. The van der Waals surface area contributed by atoms with E-state index in [1.165, 1.54) is 6.20 Å². The molecule has 1 aliphatic rings. The van der Waals surface area contributed by atoms with Crippen molar-refractivity contribution in [2.45, 2.75) is 5.92 Å². The number of para-hydroxylation sites is 1. The second-order valence-electron chi connectivity index (χ2n) is 4.04. The summed E-state index contributed by atoms with van der Waals surface area (Å²) in [6.45, 7) is 0.505. The van der Waals surface area contributed by atoms with Gasteiger partial charge in [-0.3, -0.25) is 0 Å². The molecular weight excluding hydrogens is 228 g/mol. The van der Waals surface area contributed by atoms with Crippen LogP contribution in [-0.2, 0) is 0 Å². The molecule has 1 aliphatic heterocycles. The Morgan fingerprint density at radius 2 is 2.22 bits per heavy atom. The number of hydrogen-bond donors (Lipinski definition) is 1. The zero-order chi connectivity index (χ0) is 12.5. The van der Waals surface area contributed by atoms with Gasteiger partial charge in [-0.25, -0.2) is 9.97 Å². The molecule has 0 fully saturated rings. The summed E-state index contributed by atoms with van der Waals surface area (Å²) < 4.78 is 5.58. The van der Waals surface area contributed by atoms with E-state index >= 15 is 0 Å². The molecule has 1 unspecified atom stereocenters. The van der Waals surface area contributed by atoms with E-state index in [0.29, 0.717) is 18.0 Å². The van der Waals surface area contributed by atoms with E-state index in [1.807, 2.05) is 30.3 Å². The summed E-state index contributed by atoms with van der Waals surface area (Å²) in [7, 11) is 0. The zero-order valence-electron chi connectivity index (χ0n) is 9.50. The summed E-state index contributed by atoms with van der Waals surface area (Å²) >= 11 is 0. The van der Waals surface area contributed by atoms with E-state index in [9.17, 15) is 0 Å². The van der Waals surface area contributed by atoms with Crippen molar-refractivity contribution < 1.29 is 4.74 Å². The third-order valence-corrected chi connectivity index (χ3v) is 2.97. The number of rotatable bonds is 1. The van der Waals surface area contributed by atoms with Crippen LogP contribution in [0, 0.1) is 11.3 Å². The summed E-state index contributed by atoms with van der Waals surface area (Å²) in [6.07, 6.45) is 1.46. The lowest BCUT2D eigenvalue weighted by Gasteiger charge is -2.08. The molecule has 18 heavy (non-hydrogen) atoms. The van der Waals surface area contributed by atoms with Crippen molar-refractivity contribution in [3.8, 4) is 11.8 Å². The van der Waals surface area contributed by atoms with Crippen LogP contribution in [-0.4, -0.2) is 16.6 Å². The average Bonchev–Trinajstić information content (AvgIpc) is 2.82. The molecule has 0 radical (unpaired) electrons. The van der Waals surface area contributed by atoms with Gasteiger partial charge in [-0.15, -0.1) is 0 Å². The van der Waals surface area contributed by atoms with E-state index in [4.69, 9.17) is 15.7 Å². The standard InChI is InChI=1S/C13H10N4O/c14-5-8-6-16-13(17-12(8)15)10-7-18-11-4-2-1-3-9(10)11/h1-4,6,10H,7H2,(H2,15,16,17). The minimum absolute atomic E-state index is 0.0174. The number of fused-ring (bicyclic) bond motifs is 1. The molecule has 0 saturated heterocycles. The summed E-state index contributed by atoms with van der Waals surface area (Å²) in [5, 5.41) is 8.80. The quantitative estimate of drug-likeness (QED) is 0.812. The van der Waals surface area contributed by atoms with Crippen molar-refractivity contribution in [2.75, 3.05) is 12.3 Å². The Morgan fingerprint density at radius 1 is 1.39 bits per heavy atom. The number of nitrogens with two attached hydrogens (primary N) is 1. The van der Waals surface area contributed by atoms with E-state index in [2.05, 4.69) is 9.97 Å². The maximum absolute atomic E-state index is 8.80. The van der Waals surface area contributed by atoms with Crippen LogP contribution in [0.1, 0.15) is 22.9 Å². The maximum atomic E-state index is 8.80. The fraction of sp³-hybridized carbons (Fsp3) is 0.154. The van der Waals surface area contributed by atoms with Gasteiger partial charge in [0.05, 0.1) is 12.1 Å². The highest BCUT2D eigenvalue weighted by atomic mass is 16.5. The molecular formula is C13H10N4O.